The zero-order valence-electron chi connectivity index (χ0n) is 25.5. The first-order valence-corrected chi connectivity index (χ1v) is 15.4. The molecule has 1 aromatic heterocycles. The fourth-order valence-electron chi connectivity index (χ4n) is 5.73. The first-order chi connectivity index (χ1) is 20.9. The van der Waals surface area contributed by atoms with Crippen LogP contribution in [0.3, 0.4) is 0 Å². The Morgan fingerprint density at radius 2 is 1.43 bits per heavy atom. The van der Waals surface area contributed by atoms with E-state index in [9.17, 15) is 18.7 Å². The van der Waals surface area contributed by atoms with E-state index in [1.165, 1.54) is 17.4 Å². The molecule has 0 fully saturated rings. The minimum Gasteiger partial charge on any atom is -0.487 e. The fraction of sp³-hybridized carbons (Fsp3) is 0.237. The molecule has 0 aliphatic carbocycles. The molecule has 0 unspecified atom stereocenters. The van der Waals surface area contributed by atoms with Crippen LogP contribution in [0.2, 0.25) is 0 Å². The lowest BCUT2D eigenvalue weighted by Gasteiger charge is -2.34. The molecule has 6 heteroatoms. The molecule has 1 N–H and O–H groups in total. The number of thiophene rings is 1. The van der Waals surface area contributed by atoms with Gasteiger partial charge in [-0.15, -0.1) is 11.3 Å². The molecule has 4 aromatic carbocycles. The Kier molecular flexibility index (Phi) is 8.76. The number of hydrogen-bond acceptors (Lipinski definition) is 3. The van der Waals surface area contributed by atoms with Gasteiger partial charge in [0.2, 0.25) is 0 Å². The van der Waals surface area contributed by atoms with Gasteiger partial charge in [-0.25, -0.2) is 13.6 Å². The fourth-order valence-corrected chi connectivity index (χ4v) is 6.79. The van der Waals surface area contributed by atoms with E-state index >= 15 is 0 Å². The third-order valence-electron chi connectivity index (χ3n) is 8.41. The Labute approximate surface area is 261 Å². The molecule has 0 saturated carbocycles. The summed E-state index contributed by atoms with van der Waals surface area (Å²) in [6.45, 7) is 9.57. The number of carbonyl (C=O) groups is 1. The third-order valence-corrected chi connectivity index (χ3v) is 9.64. The quantitative estimate of drug-likeness (QED) is 0.160. The predicted molar refractivity (Wildman–Crippen MR) is 177 cm³/mol. The molecular formula is C38H36F2O3S. The molecule has 0 aliphatic heterocycles. The maximum absolute atomic E-state index is 13.8. The van der Waals surface area contributed by atoms with Crippen molar-refractivity contribution in [2.24, 2.45) is 0 Å². The van der Waals surface area contributed by atoms with E-state index < -0.39 is 29.8 Å². The molecule has 44 heavy (non-hydrogen) atoms. The van der Waals surface area contributed by atoms with Crippen molar-refractivity contribution in [3.8, 4) is 16.9 Å². The van der Waals surface area contributed by atoms with E-state index in [2.05, 4.69) is 64.1 Å². The van der Waals surface area contributed by atoms with Crippen molar-refractivity contribution in [1.82, 2.24) is 0 Å². The number of hydrogen-bond donors (Lipinski definition) is 1. The number of halogens is 2. The van der Waals surface area contributed by atoms with Gasteiger partial charge in [0.25, 0.3) is 6.43 Å². The zero-order valence-corrected chi connectivity index (χ0v) is 26.3. The average molecular weight is 611 g/mol. The lowest BCUT2D eigenvalue weighted by atomic mass is 9.71. The van der Waals surface area contributed by atoms with Crippen molar-refractivity contribution in [3.63, 3.8) is 0 Å². The van der Waals surface area contributed by atoms with E-state index in [0.717, 1.165) is 48.3 Å². The maximum Gasteiger partial charge on any atom is 0.328 e. The van der Waals surface area contributed by atoms with Gasteiger partial charge in [0.05, 0.1) is 0 Å². The number of carboxylic acid groups (broad SMARTS) is 1. The second-order valence-corrected chi connectivity index (χ2v) is 13.2. The second kappa shape index (κ2) is 12.4. The topological polar surface area (TPSA) is 46.5 Å². The molecule has 0 bridgehead atoms. The molecule has 0 amide bonds. The highest BCUT2D eigenvalue weighted by atomic mass is 32.1. The summed E-state index contributed by atoms with van der Waals surface area (Å²) in [6, 6.07) is 32.4. The van der Waals surface area contributed by atoms with Gasteiger partial charge < -0.3 is 9.84 Å². The number of aliphatic carboxylic acids is 1. The van der Waals surface area contributed by atoms with E-state index in [-0.39, 0.29) is 0 Å². The molecule has 0 spiro atoms. The summed E-state index contributed by atoms with van der Waals surface area (Å²) < 4.78 is 34.6. The molecule has 1 heterocycles. The lowest BCUT2D eigenvalue weighted by molar-refractivity contribution is -0.131. The number of alkyl halides is 2. The van der Waals surface area contributed by atoms with Crippen molar-refractivity contribution >= 4 is 33.0 Å². The molecular weight excluding hydrogens is 574 g/mol. The predicted octanol–water partition coefficient (Wildman–Crippen LogP) is 10.4. The average Bonchev–Trinajstić information content (AvgIpc) is 3.45. The second-order valence-electron chi connectivity index (χ2n) is 12.1. The molecule has 0 aliphatic rings. The van der Waals surface area contributed by atoms with Gasteiger partial charge in [0.1, 0.15) is 12.4 Å². The minimum absolute atomic E-state index is 0.421. The van der Waals surface area contributed by atoms with Crippen LogP contribution in [-0.4, -0.2) is 24.1 Å². The van der Waals surface area contributed by atoms with E-state index in [1.807, 2.05) is 60.7 Å². The van der Waals surface area contributed by atoms with Crippen LogP contribution < -0.4 is 4.74 Å². The maximum atomic E-state index is 13.8. The van der Waals surface area contributed by atoms with Crippen LogP contribution in [-0.2, 0) is 15.6 Å². The van der Waals surface area contributed by atoms with Crippen molar-refractivity contribution < 1.29 is 23.4 Å². The van der Waals surface area contributed by atoms with Crippen LogP contribution >= 0.6 is 11.3 Å². The Hall–Kier alpha value is -4.29. The van der Waals surface area contributed by atoms with Crippen molar-refractivity contribution in [3.05, 3.63) is 130 Å². The number of ether oxygens (including phenoxy) is 1. The molecule has 226 valence electrons. The summed E-state index contributed by atoms with van der Waals surface area (Å²) >= 11 is 1.50. The number of allylic oxidation sites excluding steroid dienone is 1. The number of fused-ring (bicyclic) bond motifs is 1. The monoisotopic (exact) mass is 610 g/mol. The molecule has 0 radical (unpaired) electrons. The Morgan fingerprint density at radius 3 is 2.02 bits per heavy atom. The van der Waals surface area contributed by atoms with E-state index in [4.69, 9.17) is 4.74 Å². The van der Waals surface area contributed by atoms with Crippen LogP contribution in [0.15, 0.2) is 103 Å². The summed E-state index contributed by atoms with van der Waals surface area (Å²) in [6.07, 6.45) is -1.45. The highest BCUT2D eigenvalue weighted by Crippen LogP contribution is 2.48. The molecule has 3 nitrogen and oxygen atoms in total. The minimum atomic E-state index is -2.65. The van der Waals surface area contributed by atoms with Crippen LogP contribution in [0.25, 0.3) is 26.8 Å². The standard InChI is InChI=1S/C38H36F2O3S/c1-24(19-35(41)42)33-22-29-28(17-12-18-32(29)44-33)30-20-27(37(2,3)25-13-8-6-9-14-25)21-31(36(30)43-23-34(39)40)38(4,5)26-15-10-7-11-16-26/h6-22,34H,23H2,1-5H3,(H,41,42)/b24-19+. The smallest absolute Gasteiger partial charge is 0.328 e. The first kappa shape index (κ1) is 31.1. The van der Waals surface area contributed by atoms with Gasteiger partial charge >= 0.3 is 5.97 Å². The van der Waals surface area contributed by atoms with Gasteiger partial charge in [0, 0.05) is 43.0 Å². The van der Waals surface area contributed by atoms with Crippen molar-refractivity contribution in [2.75, 3.05) is 6.61 Å². The molecule has 0 atom stereocenters. The van der Waals surface area contributed by atoms with E-state index in [1.54, 1.807) is 6.92 Å². The molecule has 5 rings (SSSR count). The summed E-state index contributed by atoms with van der Waals surface area (Å²) in [7, 11) is 0. The number of benzene rings is 4. The Bertz CT molecular complexity index is 1820. The van der Waals surface area contributed by atoms with Gasteiger partial charge in [-0.05, 0) is 52.9 Å². The van der Waals surface area contributed by atoms with Crippen molar-refractivity contribution in [1.29, 1.82) is 0 Å². The van der Waals surface area contributed by atoms with Crippen LogP contribution in [0.5, 0.6) is 5.75 Å². The van der Waals surface area contributed by atoms with Gasteiger partial charge in [0.15, 0.2) is 0 Å². The van der Waals surface area contributed by atoms with Gasteiger partial charge in [-0.2, -0.15) is 0 Å². The molecule has 0 saturated heterocycles. The number of carboxylic acids is 1. The summed E-state index contributed by atoms with van der Waals surface area (Å²) in [4.78, 5) is 12.2. The van der Waals surface area contributed by atoms with Crippen LogP contribution in [0, 0.1) is 0 Å². The summed E-state index contributed by atoms with van der Waals surface area (Å²) in [5.41, 5.74) is 5.19. The SMILES string of the molecule is C/C(=C\C(=O)O)c1cc2c(-c3cc(C(C)(C)c4ccccc4)cc(C(C)(C)c4ccccc4)c3OCC(F)F)cccc2s1. The van der Waals surface area contributed by atoms with Gasteiger partial charge in [-0.3, -0.25) is 0 Å². The van der Waals surface area contributed by atoms with Crippen LogP contribution in [0.1, 0.15) is 61.7 Å². The van der Waals surface area contributed by atoms with Crippen LogP contribution in [0.4, 0.5) is 8.78 Å². The number of rotatable bonds is 10. The van der Waals surface area contributed by atoms with Gasteiger partial charge in [-0.1, -0.05) is 107 Å². The van der Waals surface area contributed by atoms with E-state index in [0.29, 0.717) is 11.3 Å². The molecule has 5 aromatic rings. The first-order valence-electron chi connectivity index (χ1n) is 14.5. The largest absolute Gasteiger partial charge is 0.487 e. The Balaban J connectivity index is 1.86. The summed E-state index contributed by atoms with van der Waals surface area (Å²) in [5.74, 6) is -0.587. The third kappa shape index (κ3) is 6.18. The Morgan fingerprint density at radius 1 is 0.818 bits per heavy atom. The highest BCUT2D eigenvalue weighted by Gasteiger charge is 2.33. The zero-order chi connectivity index (χ0) is 31.6. The highest BCUT2D eigenvalue weighted by molar-refractivity contribution is 7.20. The normalized spacial score (nSPS) is 12.6. The lowest BCUT2D eigenvalue weighted by Crippen LogP contribution is -2.25. The summed E-state index contributed by atoms with van der Waals surface area (Å²) in [5, 5.41) is 10.3. The van der Waals surface area contributed by atoms with Crippen molar-refractivity contribution in [2.45, 2.75) is 51.9 Å².